The Morgan fingerprint density at radius 2 is 0.819 bits per heavy atom. The zero-order chi connectivity index (χ0) is 109. The molecule has 1 saturated heterocycles. The molecule has 15 atom stereocenters. The summed E-state index contributed by atoms with van der Waals surface area (Å²) in [6.07, 6.45) is -0.137. The minimum absolute atomic E-state index is 0.0286. The van der Waals surface area contributed by atoms with Crippen molar-refractivity contribution in [3.8, 4) is 28.4 Å². The first-order valence-corrected chi connectivity index (χ1v) is 51.1. The third-order valence-corrected chi connectivity index (χ3v) is 26.1. The Kier molecular flexibility index (Phi) is 49.1. The van der Waals surface area contributed by atoms with Gasteiger partial charge >= 0.3 is 11.9 Å². The molecule has 16 amide bonds. The lowest BCUT2D eigenvalue weighted by Gasteiger charge is -2.31. The van der Waals surface area contributed by atoms with E-state index in [0.717, 1.165) is 30.4 Å². The predicted molar refractivity (Wildman–Crippen MR) is 554 cm³/mol. The summed E-state index contributed by atoms with van der Waals surface area (Å²) < 4.78 is 5.31. The number of rotatable bonds is 35. The van der Waals surface area contributed by atoms with Crippen molar-refractivity contribution >= 4 is 118 Å². The van der Waals surface area contributed by atoms with E-state index in [-0.39, 0.29) is 125 Å². The average molecular weight is 2090 g/mol. The lowest BCUT2D eigenvalue weighted by molar-refractivity contribution is -0.141. The SMILES string of the molecule is Cc1cccc(C[C@@H]2NC(=O)[C@H](CC(=O)O)NC(=O)[C@H](Cc3ccc(OCC(=O)O)cc3)NC(=O)[C@H](CN)NC(=O)CSC[C@@H](C(=O)N[C@@H](CCN)C(N)=O)NC(=O)C(CCCN)NC(=O)[C@H](C(C)C)NC(=O)[C@H](CC3CCCCC3)NC(=O)[C@H](CCN)NC(=O)[C@@H](CC(C)C)NC(=O)[C@H](CCCN)NC(=O)[C@H](Cc3ccc(O)cc3)NC(=O)[C@H](Cc3ccc(-c4ccccc4)cc3)NC(=O)[C@H](Cc3ccc(O)cc3)NC2=O)c1. The number of hydrogen-bond donors (Lipinski definition) is 25. The molecule has 1 aliphatic heterocycles. The summed E-state index contributed by atoms with van der Waals surface area (Å²) in [6.45, 7) is 6.55. The largest absolute Gasteiger partial charge is 0.508 e. The maximum atomic E-state index is 15.8. The topological polar surface area (TPSA) is 734 Å². The number of nitrogens with two attached hydrogens (primary N) is 6. The number of carboxylic acids is 2. The predicted octanol–water partition coefficient (Wildman–Crippen LogP) is -1.16. The summed E-state index contributed by atoms with van der Waals surface area (Å²) in [7, 11) is 0. The normalized spacial score (nSPS) is 22.8. The zero-order valence-corrected chi connectivity index (χ0v) is 85.2. The molecular weight excluding hydrogens is 1940 g/mol. The standard InChI is InChI=1S/C104H143N21O23S/c1-58(2)45-76-94(137)114-75(40-44-108)93(136)117-81(47-61-16-8-6-9-17-61)101(144)125-89(59(3)4)104(147)115-74(22-14-42-106)92(135)124-85(103(146)112-72(39-43-107)90(110)133)56-149-57-86(128)111-84(54-109)102(145)122-80(51-65-29-37-71(38-30-65)148-55-88(131)132)98(141)123-83(53-87(129)130)100(143)121-82(52-66-18-12-15-60(5)46-66)99(142)120-79(50-64-27-35-70(127)36-28-64)97(140)119-78(48-62-23-31-68(32-24-62)67-19-10-7-11-20-67)96(139)118-77(49-63-25-33-69(126)34-26-63)95(138)113-73(21-13-41-105)91(134)116-76/h7,10-12,15,18-20,23-38,46,58-59,61,72-85,89,126-127H,6,8-9,13-14,16-17,21-22,39-45,47-57,105-109H2,1-5H3,(H2,110,133)(H,111,128)(H,112,146)(H,113,138)(H,114,137)(H,115,147)(H,116,134)(H,117,136)(H,118,139)(H,119,140)(H,120,142)(H,121,143)(H,122,145)(H,123,141)(H,124,135)(H,125,144)(H,129,130)(H,131,132)/t72-,73-,74?,75-,76+,77-,78-,79-,80-,81-,82-,83-,84-,85-,89-/m0/s1. The van der Waals surface area contributed by atoms with Gasteiger partial charge in [0.2, 0.25) is 94.5 Å². The Balaban J connectivity index is 1.25. The van der Waals surface area contributed by atoms with Gasteiger partial charge in [-0.05, 0) is 178 Å². The highest BCUT2D eigenvalue weighted by atomic mass is 32.2. The van der Waals surface area contributed by atoms with Crippen molar-refractivity contribution in [2.75, 3.05) is 50.8 Å². The number of hydrogen-bond acceptors (Lipinski definition) is 27. The van der Waals surface area contributed by atoms with Crippen molar-refractivity contribution in [2.24, 2.45) is 52.2 Å². The Morgan fingerprint density at radius 1 is 0.409 bits per heavy atom. The third kappa shape index (κ3) is 40.5. The summed E-state index contributed by atoms with van der Waals surface area (Å²) in [5, 5.41) is 80.8. The number of phenolic OH excluding ortho intramolecular Hbond substituents is 2. The van der Waals surface area contributed by atoms with E-state index in [1.807, 2.05) is 30.3 Å². The summed E-state index contributed by atoms with van der Waals surface area (Å²) in [6, 6.07) is 14.6. The number of nitrogens with one attached hydrogen (secondary N) is 15. The Labute approximate surface area is 868 Å². The number of aliphatic carboxylic acids is 2. The monoisotopic (exact) mass is 2090 g/mol. The number of phenols is 2. The molecule has 1 saturated carbocycles. The molecule has 6 aromatic rings. The van der Waals surface area contributed by atoms with Crippen molar-refractivity contribution in [1.29, 1.82) is 0 Å². The fraction of sp³-hybridized carbons (Fsp3) is 0.481. The molecule has 8 rings (SSSR count). The van der Waals surface area contributed by atoms with E-state index in [2.05, 4.69) is 79.8 Å². The number of carboxylic acid groups (broad SMARTS) is 2. The van der Waals surface area contributed by atoms with Gasteiger partial charge in [0.1, 0.15) is 108 Å². The number of primary amides is 1. The summed E-state index contributed by atoms with van der Waals surface area (Å²) in [5.74, 6) is -22.2. The molecule has 1 heterocycles. The minimum atomic E-state index is -2.15. The first-order chi connectivity index (χ1) is 71.1. The van der Waals surface area contributed by atoms with E-state index in [1.165, 1.54) is 72.8 Å². The van der Waals surface area contributed by atoms with E-state index in [9.17, 15) is 58.8 Å². The first-order valence-electron chi connectivity index (χ1n) is 50.0. The molecule has 0 aromatic heterocycles. The molecule has 1 aliphatic carbocycles. The van der Waals surface area contributed by atoms with Gasteiger partial charge in [0.15, 0.2) is 6.61 Å². The molecule has 2 aliphatic rings. The van der Waals surface area contributed by atoms with Gasteiger partial charge in [-0.3, -0.25) is 81.5 Å². The highest BCUT2D eigenvalue weighted by Crippen LogP contribution is 2.29. The maximum Gasteiger partial charge on any atom is 0.341 e. The molecular formula is C104H143N21O23S. The molecule has 1 unspecified atom stereocenters. The molecule has 0 radical (unpaired) electrons. The summed E-state index contributed by atoms with van der Waals surface area (Å²) in [5.41, 5.74) is 39.9. The van der Waals surface area contributed by atoms with Crippen LogP contribution in [0, 0.1) is 24.7 Å². The number of amides is 16. The fourth-order valence-corrected chi connectivity index (χ4v) is 17.9. The van der Waals surface area contributed by atoms with E-state index in [1.54, 1.807) is 83.1 Å². The van der Waals surface area contributed by atoms with E-state index in [4.69, 9.17) is 39.1 Å². The van der Waals surface area contributed by atoms with E-state index < -0.39 is 253 Å². The molecule has 0 spiro atoms. The lowest BCUT2D eigenvalue weighted by atomic mass is 9.84. The van der Waals surface area contributed by atoms with E-state index >= 15 is 47.9 Å². The maximum absolute atomic E-state index is 15.8. The summed E-state index contributed by atoms with van der Waals surface area (Å²) in [4.78, 5) is 264. The van der Waals surface area contributed by atoms with Gasteiger partial charge in [0.05, 0.1) is 12.2 Å². The van der Waals surface area contributed by atoms with Crippen LogP contribution >= 0.6 is 11.8 Å². The second kappa shape index (κ2) is 61.2. The van der Waals surface area contributed by atoms with Crippen molar-refractivity contribution in [1.82, 2.24) is 79.8 Å². The first kappa shape index (κ1) is 120. The van der Waals surface area contributed by atoms with Gasteiger partial charge in [-0.2, -0.15) is 0 Å². The smallest absolute Gasteiger partial charge is 0.341 e. The van der Waals surface area contributed by atoms with Crippen molar-refractivity contribution in [3.05, 3.63) is 185 Å². The number of carbonyl (C=O) groups excluding carboxylic acids is 16. The molecule has 0 bridgehead atoms. The number of aryl methyl sites for hydroxylation is 1. The van der Waals surface area contributed by atoms with Crippen LogP contribution in [0.5, 0.6) is 17.2 Å². The van der Waals surface area contributed by atoms with Gasteiger partial charge in [-0.25, -0.2) is 4.79 Å². The highest BCUT2D eigenvalue weighted by molar-refractivity contribution is 8.00. The number of aromatic hydroxyl groups is 2. The van der Waals surface area contributed by atoms with Crippen LogP contribution in [-0.4, -0.2) is 268 Å². The van der Waals surface area contributed by atoms with Crippen molar-refractivity contribution in [2.45, 2.75) is 247 Å². The molecule has 45 heteroatoms. The van der Waals surface area contributed by atoms with Crippen LogP contribution in [0.25, 0.3) is 11.1 Å². The van der Waals surface area contributed by atoms with Crippen LogP contribution < -0.4 is 119 Å². The second-order valence-electron chi connectivity index (χ2n) is 38.0. The lowest BCUT2D eigenvalue weighted by Crippen LogP contribution is -2.62. The van der Waals surface area contributed by atoms with Crippen LogP contribution in [-0.2, 0) is 118 Å². The van der Waals surface area contributed by atoms with Gasteiger partial charge in [-0.1, -0.05) is 181 Å². The zero-order valence-electron chi connectivity index (χ0n) is 84.3. The van der Waals surface area contributed by atoms with Crippen LogP contribution in [0.2, 0.25) is 0 Å². The fourth-order valence-electron chi connectivity index (χ4n) is 17.0. The van der Waals surface area contributed by atoms with Crippen LogP contribution in [0.1, 0.15) is 151 Å². The van der Waals surface area contributed by atoms with E-state index in [0.29, 0.717) is 52.4 Å². The van der Waals surface area contributed by atoms with Gasteiger partial charge in [-0.15, -0.1) is 11.8 Å². The van der Waals surface area contributed by atoms with Gasteiger partial charge < -0.3 is 139 Å². The number of ether oxygens (including phenoxy) is 1. The highest BCUT2D eigenvalue weighted by Gasteiger charge is 2.41. The quantitative estimate of drug-likeness (QED) is 0.0223. The molecule has 6 aromatic carbocycles. The van der Waals surface area contributed by atoms with Crippen LogP contribution in [0.15, 0.2) is 152 Å². The molecule has 44 nitrogen and oxygen atoms in total. The third-order valence-electron chi connectivity index (χ3n) is 25.1. The van der Waals surface area contributed by atoms with Crippen molar-refractivity contribution in [3.63, 3.8) is 0 Å². The van der Waals surface area contributed by atoms with Crippen LogP contribution in [0.4, 0.5) is 0 Å². The summed E-state index contributed by atoms with van der Waals surface area (Å²) >= 11 is 0.701. The Morgan fingerprint density at radius 3 is 1.27 bits per heavy atom. The van der Waals surface area contributed by atoms with Crippen LogP contribution in [0.3, 0.4) is 0 Å². The Bertz CT molecular complexity index is 5510. The second-order valence-corrected chi connectivity index (χ2v) is 39.0. The molecule has 808 valence electrons. The Hall–Kier alpha value is -14.7. The average Bonchev–Trinajstić information content (AvgIpc) is 0.830. The van der Waals surface area contributed by atoms with Gasteiger partial charge in [0.25, 0.3) is 0 Å². The number of thioether (sulfide) groups is 1. The van der Waals surface area contributed by atoms with Gasteiger partial charge in [0, 0.05) is 44.4 Å². The number of benzene rings is 6. The molecule has 149 heavy (non-hydrogen) atoms. The van der Waals surface area contributed by atoms with Crippen molar-refractivity contribution < 1.29 is 111 Å². The molecule has 31 N–H and O–H groups in total. The minimum Gasteiger partial charge on any atom is -0.508 e. The number of carbonyl (C=O) groups is 18. The molecule has 2 fully saturated rings.